The van der Waals surface area contributed by atoms with Crippen molar-refractivity contribution in [1.82, 2.24) is 4.98 Å². The van der Waals surface area contributed by atoms with E-state index in [0.29, 0.717) is 10.2 Å². The molecule has 2 rings (SSSR count). The van der Waals surface area contributed by atoms with Crippen LogP contribution in [0.2, 0.25) is 0 Å². The van der Waals surface area contributed by atoms with E-state index in [1.54, 1.807) is 18.2 Å². The van der Waals surface area contributed by atoms with E-state index in [4.69, 9.17) is 10.5 Å². The van der Waals surface area contributed by atoms with Gasteiger partial charge in [-0.3, -0.25) is 15.1 Å². The number of ether oxygens (including phenoxy) is 1. The van der Waals surface area contributed by atoms with Crippen LogP contribution in [0.1, 0.15) is 18.7 Å². The minimum atomic E-state index is -0.496. The summed E-state index contributed by atoms with van der Waals surface area (Å²) in [5, 5.41) is 11.0. The Bertz CT molecular complexity index is 629. The summed E-state index contributed by atoms with van der Waals surface area (Å²) < 4.78 is 6.11. The molecule has 6 nitrogen and oxygen atoms in total. The Hall–Kier alpha value is -1.99. The van der Waals surface area contributed by atoms with Crippen molar-refractivity contribution >= 4 is 21.6 Å². The van der Waals surface area contributed by atoms with Crippen molar-refractivity contribution in [3.05, 3.63) is 56.8 Å². The van der Waals surface area contributed by atoms with Gasteiger partial charge in [-0.15, -0.1) is 0 Å². The lowest BCUT2D eigenvalue weighted by molar-refractivity contribution is -0.385. The van der Waals surface area contributed by atoms with Crippen molar-refractivity contribution in [2.75, 3.05) is 0 Å². The summed E-state index contributed by atoms with van der Waals surface area (Å²) in [7, 11) is 0. The summed E-state index contributed by atoms with van der Waals surface area (Å²) in [6.07, 6.45) is 1.49. The fraction of sp³-hybridized carbons (Fsp3) is 0.154. The van der Waals surface area contributed by atoms with Crippen LogP contribution in [-0.4, -0.2) is 9.91 Å². The van der Waals surface area contributed by atoms with Crippen molar-refractivity contribution in [2.24, 2.45) is 5.73 Å². The van der Waals surface area contributed by atoms with E-state index in [0.717, 1.165) is 5.69 Å². The number of halogens is 1. The second kappa shape index (κ2) is 5.98. The van der Waals surface area contributed by atoms with Crippen molar-refractivity contribution in [1.29, 1.82) is 0 Å². The van der Waals surface area contributed by atoms with Crippen LogP contribution < -0.4 is 10.5 Å². The standard InChI is InChI=1S/C13H12BrN3O3/c1-8(15)11-4-3-10(7-16-11)20-13-5-2-9(14)6-12(13)17(18)19/h2-8H,15H2,1H3/t8-/m0/s1. The van der Waals surface area contributed by atoms with E-state index in [1.165, 1.54) is 18.3 Å². The molecule has 0 fully saturated rings. The lowest BCUT2D eigenvalue weighted by Gasteiger charge is -2.08. The van der Waals surface area contributed by atoms with Crippen LogP contribution in [0.3, 0.4) is 0 Å². The number of nitrogens with two attached hydrogens (primary N) is 1. The molecule has 0 saturated carbocycles. The third-order valence-electron chi connectivity index (χ3n) is 2.57. The maximum absolute atomic E-state index is 11.0. The van der Waals surface area contributed by atoms with Crippen LogP contribution in [-0.2, 0) is 0 Å². The molecule has 0 aliphatic carbocycles. The van der Waals surface area contributed by atoms with Crippen molar-refractivity contribution in [3.8, 4) is 11.5 Å². The molecule has 2 N–H and O–H groups in total. The summed E-state index contributed by atoms with van der Waals surface area (Å²) in [6.45, 7) is 1.82. The summed E-state index contributed by atoms with van der Waals surface area (Å²) in [5.74, 6) is 0.577. The molecule has 0 unspecified atom stereocenters. The average Bonchev–Trinajstić information content (AvgIpc) is 2.41. The Labute approximate surface area is 123 Å². The smallest absolute Gasteiger partial charge is 0.312 e. The van der Waals surface area contributed by atoms with E-state index in [9.17, 15) is 10.1 Å². The van der Waals surface area contributed by atoms with Crippen molar-refractivity contribution in [3.63, 3.8) is 0 Å². The minimum absolute atomic E-state index is 0.115. The predicted octanol–water partition coefficient (Wildman–Crippen LogP) is 3.56. The molecule has 0 spiro atoms. The van der Waals surface area contributed by atoms with Gasteiger partial charge in [0, 0.05) is 16.6 Å². The van der Waals surface area contributed by atoms with Crippen LogP contribution in [0.5, 0.6) is 11.5 Å². The first-order chi connectivity index (χ1) is 9.47. The van der Waals surface area contributed by atoms with Gasteiger partial charge in [-0.25, -0.2) is 0 Å². The van der Waals surface area contributed by atoms with E-state index >= 15 is 0 Å². The van der Waals surface area contributed by atoms with Crippen molar-refractivity contribution < 1.29 is 9.66 Å². The van der Waals surface area contributed by atoms with Gasteiger partial charge in [0.1, 0.15) is 5.75 Å². The molecule has 1 aromatic heterocycles. The molecule has 2 aromatic rings. The zero-order valence-corrected chi connectivity index (χ0v) is 12.2. The number of nitrogens with zero attached hydrogens (tertiary/aromatic N) is 2. The van der Waals surface area contributed by atoms with Gasteiger partial charge in [0.25, 0.3) is 0 Å². The quantitative estimate of drug-likeness (QED) is 0.680. The zero-order chi connectivity index (χ0) is 14.7. The average molecular weight is 338 g/mol. The maximum Gasteiger partial charge on any atom is 0.312 e. The second-order valence-corrected chi connectivity index (χ2v) is 5.09. The molecular weight excluding hydrogens is 326 g/mol. The van der Waals surface area contributed by atoms with Crippen LogP contribution in [0.4, 0.5) is 5.69 Å². The highest BCUT2D eigenvalue weighted by Crippen LogP contribution is 2.33. The maximum atomic E-state index is 11.0. The van der Waals surface area contributed by atoms with Crippen LogP contribution in [0.25, 0.3) is 0 Å². The highest BCUT2D eigenvalue weighted by Gasteiger charge is 2.16. The molecule has 1 heterocycles. The number of nitro benzene ring substituents is 1. The number of pyridine rings is 1. The van der Waals surface area contributed by atoms with Gasteiger partial charge in [0.05, 0.1) is 16.8 Å². The van der Waals surface area contributed by atoms with Crippen molar-refractivity contribution in [2.45, 2.75) is 13.0 Å². The summed E-state index contributed by atoms with van der Waals surface area (Å²) in [5.41, 5.74) is 6.31. The Morgan fingerprint density at radius 1 is 1.40 bits per heavy atom. The Balaban J connectivity index is 2.28. The van der Waals surface area contributed by atoms with Gasteiger partial charge in [0.15, 0.2) is 0 Å². The highest BCUT2D eigenvalue weighted by atomic mass is 79.9. The molecule has 0 aliphatic rings. The van der Waals surface area contributed by atoms with E-state index in [-0.39, 0.29) is 17.5 Å². The highest BCUT2D eigenvalue weighted by molar-refractivity contribution is 9.10. The van der Waals surface area contributed by atoms with Crippen LogP contribution in [0, 0.1) is 10.1 Å². The first kappa shape index (κ1) is 14.4. The van der Waals surface area contributed by atoms with Crippen LogP contribution >= 0.6 is 15.9 Å². The molecule has 1 atom stereocenters. The fourth-order valence-corrected chi connectivity index (χ4v) is 1.92. The van der Waals surface area contributed by atoms with E-state index in [1.807, 2.05) is 6.92 Å². The third kappa shape index (κ3) is 3.31. The molecular formula is C13H12BrN3O3. The monoisotopic (exact) mass is 337 g/mol. The summed E-state index contributed by atoms with van der Waals surface area (Å²) in [4.78, 5) is 14.6. The van der Waals surface area contributed by atoms with E-state index < -0.39 is 4.92 Å². The number of nitro groups is 1. The predicted molar refractivity (Wildman–Crippen MR) is 77.7 cm³/mol. The number of benzene rings is 1. The number of hydrogen-bond donors (Lipinski definition) is 1. The molecule has 0 bridgehead atoms. The number of aromatic nitrogens is 1. The normalized spacial score (nSPS) is 11.9. The lowest BCUT2D eigenvalue weighted by Crippen LogP contribution is -2.06. The van der Waals surface area contributed by atoms with Gasteiger partial charge in [-0.1, -0.05) is 15.9 Å². The lowest BCUT2D eigenvalue weighted by atomic mass is 10.2. The Kier molecular flexibility index (Phi) is 4.31. The largest absolute Gasteiger partial charge is 0.449 e. The van der Waals surface area contributed by atoms with Gasteiger partial charge in [0.2, 0.25) is 5.75 Å². The zero-order valence-electron chi connectivity index (χ0n) is 10.6. The molecule has 104 valence electrons. The minimum Gasteiger partial charge on any atom is -0.449 e. The fourth-order valence-electron chi connectivity index (χ4n) is 1.57. The SMILES string of the molecule is C[C@H](N)c1ccc(Oc2ccc(Br)cc2[N+](=O)[O-])cn1. The van der Waals surface area contributed by atoms with Gasteiger partial charge < -0.3 is 10.5 Å². The first-order valence-corrected chi connectivity index (χ1v) is 6.60. The first-order valence-electron chi connectivity index (χ1n) is 5.80. The molecule has 0 amide bonds. The third-order valence-corrected chi connectivity index (χ3v) is 3.06. The topological polar surface area (TPSA) is 91.3 Å². The molecule has 20 heavy (non-hydrogen) atoms. The van der Waals surface area contributed by atoms with Gasteiger partial charge >= 0.3 is 5.69 Å². The molecule has 0 saturated heterocycles. The molecule has 0 aliphatic heterocycles. The van der Waals surface area contributed by atoms with Gasteiger partial charge in [-0.2, -0.15) is 0 Å². The van der Waals surface area contributed by atoms with E-state index in [2.05, 4.69) is 20.9 Å². The second-order valence-electron chi connectivity index (χ2n) is 4.18. The summed E-state index contributed by atoms with van der Waals surface area (Å²) >= 11 is 3.19. The molecule has 0 radical (unpaired) electrons. The molecule has 1 aromatic carbocycles. The molecule has 7 heteroatoms. The Morgan fingerprint density at radius 3 is 2.70 bits per heavy atom. The van der Waals surface area contributed by atoms with Crippen LogP contribution in [0.15, 0.2) is 41.0 Å². The number of rotatable bonds is 4. The Morgan fingerprint density at radius 2 is 2.15 bits per heavy atom. The number of hydrogen-bond acceptors (Lipinski definition) is 5. The van der Waals surface area contributed by atoms with Gasteiger partial charge in [-0.05, 0) is 31.2 Å². The summed E-state index contributed by atoms with van der Waals surface area (Å²) in [6, 6.07) is 7.82.